The van der Waals surface area contributed by atoms with Crippen molar-refractivity contribution in [3.8, 4) is 5.75 Å². The summed E-state index contributed by atoms with van der Waals surface area (Å²) < 4.78 is 24.2. The molecule has 8 heteroatoms. The van der Waals surface area contributed by atoms with E-state index in [0.717, 1.165) is 15.6 Å². The van der Waals surface area contributed by atoms with Crippen LogP contribution in [0.3, 0.4) is 0 Å². The second kappa shape index (κ2) is 9.33. The molecule has 0 saturated carbocycles. The number of hydrogen-bond donors (Lipinski definition) is 2. The zero-order chi connectivity index (χ0) is 23.6. The van der Waals surface area contributed by atoms with Crippen molar-refractivity contribution in [2.24, 2.45) is 0 Å². The minimum atomic E-state index is -3.45. The highest BCUT2D eigenvalue weighted by Crippen LogP contribution is 2.29. The van der Waals surface area contributed by atoms with Crippen molar-refractivity contribution in [2.75, 3.05) is 11.1 Å². The van der Waals surface area contributed by atoms with Crippen LogP contribution in [0, 0.1) is 6.92 Å². The number of aromatic hydroxyl groups is 1. The van der Waals surface area contributed by atoms with E-state index in [1.807, 2.05) is 25.1 Å². The van der Waals surface area contributed by atoms with E-state index in [0.29, 0.717) is 6.42 Å². The van der Waals surface area contributed by atoms with Gasteiger partial charge in [0.2, 0.25) is 5.91 Å². The number of hydrogen-bond acceptors (Lipinski definition) is 6. The summed E-state index contributed by atoms with van der Waals surface area (Å²) in [6, 6.07) is 18.3. The number of phenolic OH excluding ortho intramolecular Hbond substituents is 1. The van der Waals surface area contributed by atoms with Gasteiger partial charge in [-0.05, 0) is 41.5 Å². The lowest BCUT2D eigenvalue weighted by atomic mass is 10.0. The first-order valence-electron chi connectivity index (χ1n) is 10.5. The van der Waals surface area contributed by atoms with Gasteiger partial charge in [0, 0.05) is 11.3 Å². The molecule has 1 heterocycles. The van der Waals surface area contributed by atoms with Gasteiger partial charge in [-0.1, -0.05) is 49.4 Å². The normalized spacial score (nSPS) is 11.6. The lowest BCUT2D eigenvalue weighted by molar-refractivity contribution is -0.115. The first kappa shape index (κ1) is 22.9. The SMILES string of the molecule is CCS(=O)(=O)c1ccc(O)c(NC(=O)Cc2sc(Cc3cccc4ccccc34)nc2C)c1. The summed E-state index contributed by atoms with van der Waals surface area (Å²) in [7, 11) is -3.45. The Kier molecular flexibility index (Phi) is 6.49. The molecule has 170 valence electrons. The molecule has 0 fully saturated rings. The highest BCUT2D eigenvalue weighted by atomic mass is 32.2. The zero-order valence-electron chi connectivity index (χ0n) is 18.3. The first-order chi connectivity index (χ1) is 15.8. The number of sulfone groups is 1. The maximum absolute atomic E-state index is 12.7. The summed E-state index contributed by atoms with van der Waals surface area (Å²) in [4.78, 5) is 18.2. The number of fused-ring (bicyclic) bond motifs is 1. The van der Waals surface area contributed by atoms with E-state index in [9.17, 15) is 18.3 Å². The Bertz CT molecular complexity index is 1440. The van der Waals surface area contributed by atoms with Crippen LogP contribution >= 0.6 is 11.3 Å². The van der Waals surface area contributed by atoms with Crippen LogP contribution in [-0.4, -0.2) is 30.2 Å². The van der Waals surface area contributed by atoms with Gasteiger partial charge in [-0.2, -0.15) is 0 Å². The minimum Gasteiger partial charge on any atom is -0.506 e. The Morgan fingerprint density at radius 2 is 1.85 bits per heavy atom. The minimum absolute atomic E-state index is 0.0597. The number of thiazole rings is 1. The number of carbonyl (C=O) groups is 1. The molecule has 4 rings (SSSR count). The highest BCUT2D eigenvalue weighted by molar-refractivity contribution is 7.91. The van der Waals surface area contributed by atoms with E-state index in [1.54, 1.807) is 6.92 Å². The Morgan fingerprint density at radius 3 is 2.64 bits per heavy atom. The molecular weight excluding hydrogens is 456 g/mol. The highest BCUT2D eigenvalue weighted by Gasteiger charge is 2.17. The maximum atomic E-state index is 12.7. The number of nitrogens with one attached hydrogen (secondary N) is 1. The molecule has 3 aromatic carbocycles. The van der Waals surface area contributed by atoms with Crippen molar-refractivity contribution in [3.63, 3.8) is 0 Å². The number of anilines is 1. The molecular formula is C25H24N2O4S2. The molecule has 6 nitrogen and oxygen atoms in total. The van der Waals surface area contributed by atoms with Gasteiger partial charge in [-0.15, -0.1) is 11.3 Å². The van der Waals surface area contributed by atoms with Crippen molar-refractivity contribution in [2.45, 2.75) is 31.6 Å². The van der Waals surface area contributed by atoms with Crippen LogP contribution < -0.4 is 5.32 Å². The average Bonchev–Trinajstić information content (AvgIpc) is 3.13. The molecule has 1 aromatic heterocycles. The fourth-order valence-electron chi connectivity index (χ4n) is 3.65. The number of phenols is 1. The van der Waals surface area contributed by atoms with E-state index in [1.165, 1.54) is 45.9 Å². The number of amides is 1. The summed E-state index contributed by atoms with van der Waals surface area (Å²) in [6.07, 6.45) is 0.759. The predicted octanol–water partition coefficient (Wildman–Crippen LogP) is 4.88. The van der Waals surface area contributed by atoms with Crippen molar-refractivity contribution < 1.29 is 18.3 Å². The van der Waals surface area contributed by atoms with E-state index in [-0.39, 0.29) is 34.4 Å². The standard InChI is InChI=1S/C25H24N2O4S2/c1-3-33(30,31)19-11-12-22(28)21(14-19)27-24(29)15-23-16(2)26-25(32-23)13-18-9-6-8-17-7-4-5-10-20(17)18/h4-12,14,28H,3,13,15H2,1-2H3,(H,27,29). The summed E-state index contributed by atoms with van der Waals surface area (Å²) in [5.74, 6) is -0.596. The van der Waals surface area contributed by atoms with Gasteiger partial charge in [-0.25, -0.2) is 13.4 Å². The number of benzene rings is 3. The van der Waals surface area contributed by atoms with Gasteiger partial charge >= 0.3 is 0 Å². The Morgan fingerprint density at radius 1 is 1.09 bits per heavy atom. The van der Waals surface area contributed by atoms with Gasteiger partial charge in [0.25, 0.3) is 0 Å². The van der Waals surface area contributed by atoms with E-state index in [2.05, 4.69) is 34.6 Å². The molecule has 0 aliphatic carbocycles. The smallest absolute Gasteiger partial charge is 0.229 e. The van der Waals surface area contributed by atoms with Crippen LogP contribution in [0.4, 0.5) is 5.69 Å². The van der Waals surface area contributed by atoms with Crippen molar-refractivity contribution in [1.29, 1.82) is 0 Å². The van der Waals surface area contributed by atoms with Crippen LogP contribution in [0.2, 0.25) is 0 Å². The molecule has 0 spiro atoms. The molecule has 0 saturated heterocycles. The second-order valence-corrected chi connectivity index (χ2v) is 11.2. The lowest BCUT2D eigenvalue weighted by Crippen LogP contribution is -2.15. The van der Waals surface area contributed by atoms with Gasteiger partial charge in [0.15, 0.2) is 9.84 Å². The third-order valence-corrected chi connectivity index (χ3v) is 8.35. The number of aromatic nitrogens is 1. The lowest BCUT2D eigenvalue weighted by Gasteiger charge is -2.09. The van der Waals surface area contributed by atoms with Crippen LogP contribution in [0.1, 0.15) is 28.1 Å². The van der Waals surface area contributed by atoms with Crippen LogP contribution in [0.15, 0.2) is 65.6 Å². The number of aryl methyl sites for hydroxylation is 1. The Balaban J connectivity index is 1.50. The van der Waals surface area contributed by atoms with Crippen LogP contribution in [0.5, 0.6) is 5.75 Å². The summed E-state index contributed by atoms with van der Waals surface area (Å²) in [6.45, 7) is 3.42. The van der Waals surface area contributed by atoms with Crippen LogP contribution in [-0.2, 0) is 27.5 Å². The number of rotatable bonds is 7. The average molecular weight is 481 g/mol. The largest absolute Gasteiger partial charge is 0.506 e. The van der Waals surface area contributed by atoms with Gasteiger partial charge in [-0.3, -0.25) is 4.79 Å². The molecule has 2 N–H and O–H groups in total. The van der Waals surface area contributed by atoms with E-state index < -0.39 is 9.84 Å². The van der Waals surface area contributed by atoms with Crippen molar-refractivity contribution >= 4 is 43.5 Å². The topological polar surface area (TPSA) is 96.4 Å². The monoisotopic (exact) mass is 480 g/mol. The Hall–Kier alpha value is -3.23. The summed E-state index contributed by atoms with van der Waals surface area (Å²) in [5.41, 5.74) is 2.04. The van der Waals surface area contributed by atoms with Gasteiger partial charge < -0.3 is 10.4 Å². The Labute approximate surface area is 196 Å². The molecule has 33 heavy (non-hydrogen) atoms. The predicted molar refractivity (Wildman–Crippen MR) is 132 cm³/mol. The second-order valence-electron chi connectivity index (χ2n) is 7.74. The molecule has 4 aromatic rings. The molecule has 0 aliphatic rings. The molecule has 0 bridgehead atoms. The summed E-state index contributed by atoms with van der Waals surface area (Å²) in [5, 5.41) is 16.0. The number of nitrogens with zero attached hydrogens (tertiary/aromatic N) is 1. The number of carbonyl (C=O) groups excluding carboxylic acids is 1. The van der Waals surface area contributed by atoms with Crippen molar-refractivity contribution in [3.05, 3.63) is 81.8 Å². The molecule has 1 amide bonds. The zero-order valence-corrected chi connectivity index (χ0v) is 20.0. The first-order valence-corrected chi connectivity index (χ1v) is 13.0. The fourth-order valence-corrected chi connectivity index (χ4v) is 5.65. The third-order valence-electron chi connectivity index (χ3n) is 5.46. The van der Waals surface area contributed by atoms with E-state index in [4.69, 9.17) is 0 Å². The fraction of sp³-hybridized carbons (Fsp3) is 0.200. The maximum Gasteiger partial charge on any atom is 0.229 e. The van der Waals surface area contributed by atoms with Gasteiger partial charge in [0.1, 0.15) is 5.75 Å². The molecule has 0 radical (unpaired) electrons. The summed E-state index contributed by atoms with van der Waals surface area (Å²) >= 11 is 1.49. The quantitative estimate of drug-likeness (QED) is 0.368. The van der Waals surface area contributed by atoms with E-state index >= 15 is 0 Å². The molecule has 0 unspecified atom stereocenters. The van der Waals surface area contributed by atoms with Gasteiger partial charge in [0.05, 0.1) is 33.5 Å². The molecule has 0 atom stereocenters. The molecule has 0 aliphatic heterocycles. The third kappa shape index (κ3) is 5.07. The van der Waals surface area contributed by atoms with Crippen molar-refractivity contribution in [1.82, 2.24) is 4.98 Å². The van der Waals surface area contributed by atoms with Crippen LogP contribution in [0.25, 0.3) is 10.8 Å².